The molecule has 0 unspecified atom stereocenters. The van der Waals surface area contributed by atoms with Crippen LogP contribution in [0.1, 0.15) is 39.3 Å². The molecular weight excluding hydrogens is 276 g/mol. The Morgan fingerprint density at radius 1 is 1.48 bits per heavy atom. The molecule has 0 aliphatic carbocycles. The number of anilines is 1. The molecule has 0 spiro atoms. The van der Waals surface area contributed by atoms with Gasteiger partial charge in [0, 0.05) is 19.5 Å². The smallest absolute Gasteiger partial charge is 0.334 e. The van der Waals surface area contributed by atoms with Crippen LogP contribution < -0.4 is 4.90 Å². The van der Waals surface area contributed by atoms with E-state index in [9.17, 15) is 14.9 Å². The zero-order valence-electron chi connectivity index (χ0n) is 13.1. The molecule has 1 aromatic heterocycles. The van der Waals surface area contributed by atoms with E-state index in [1.807, 2.05) is 20.8 Å². The average Bonchev–Trinajstić information content (AvgIpc) is 2.74. The number of esters is 1. The monoisotopic (exact) mass is 298 g/mol. The van der Waals surface area contributed by atoms with Crippen LogP contribution in [0.4, 0.5) is 11.5 Å². The summed E-state index contributed by atoms with van der Waals surface area (Å²) >= 11 is 0. The zero-order valence-corrected chi connectivity index (χ0v) is 13.1. The van der Waals surface area contributed by atoms with Crippen LogP contribution in [0, 0.1) is 10.1 Å². The van der Waals surface area contributed by atoms with Crippen LogP contribution in [0.3, 0.4) is 0 Å². The van der Waals surface area contributed by atoms with Gasteiger partial charge in [0.25, 0.3) is 0 Å². The summed E-state index contributed by atoms with van der Waals surface area (Å²) in [5, 5.41) is 15.6. The highest BCUT2D eigenvalue weighted by molar-refractivity contribution is 5.77. The first-order valence-electron chi connectivity index (χ1n) is 6.95. The summed E-state index contributed by atoms with van der Waals surface area (Å²) in [6, 6.07) is 0. The molecule has 8 heteroatoms. The first kappa shape index (κ1) is 16.9. The normalized spacial score (nSPS) is 10.8. The van der Waals surface area contributed by atoms with Gasteiger partial charge in [-0.15, -0.1) is 0 Å². The summed E-state index contributed by atoms with van der Waals surface area (Å²) in [6.45, 7) is 7.92. The number of rotatable bonds is 7. The van der Waals surface area contributed by atoms with Gasteiger partial charge in [0.2, 0.25) is 5.82 Å². The van der Waals surface area contributed by atoms with Gasteiger partial charge in [-0.25, -0.2) is 4.68 Å². The molecule has 0 aliphatic rings. The van der Waals surface area contributed by atoms with E-state index in [0.717, 1.165) is 0 Å². The van der Waals surface area contributed by atoms with Crippen molar-refractivity contribution in [3.05, 3.63) is 15.8 Å². The number of carbonyl (C=O) groups excluding carboxylic acids is 1. The predicted molar refractivity (Wildman–Crippen MR) is 78.5 cm³/mol. The fourth-order valence-electron chi connectivity index (χ4n) is 2.14. The van der Waals surface area contributed by atoms with Gasteiger partial charge in [-0.1, -0.05) is 13.8 Å². The lowest BCUT2D eigenvalue weighted by atomic mass is 10.1. The Balaban J connectivity index is 3.25. The van der Waals surface area contributed by atoms with Crippen molar-refractivity contribution < 1.29 is 14.5 Å². The van der Waals surface area contributed by atoms with Crippen LogP contribution >= 0.6 is 0 Å². The number of nitrogens with zero attached hydrogens (tertiary/aromatic N) is 4. The van der Waals surface area contributed by atoms with Crippen molar-refractivity contribution in [1.29, 1.82) is 0 Å². The summed E-state index contributed by atoms with van der Waals surface area (Å²) in [7, 11) is 1.64. The molecule has 0 amide bonds. The van der Waals surface area contributed by atoms with E-state index < -0.39 is 10.9 Å². The molecular formula is C13H22N4O4. The van der Waals surface area contributed by atoms with Crippen molar-refractivity contribution in [2.24, 2.45) is 7.05 Å². The summed E-state index contributed by atoms with van der Waals surface area (Å²) in [5.74, 6) is -0.160. The molecule has 0 saturated carbocycles. The van der Waals surface area contributed by atoms with E-state index in [1.54, 1.807) is 18.9 Å². The molecule has 0 saturated heterocycles. The standard InChI is InChI=1S/C13H22N4O4/c1-6-16(8-10(18)21-7-2)13-12(17(19)20)11(9(3)4)14-15(13)5/h9H,6-8H2,1-5H3. The lowest BCUT2D eigenvalue weighted by Crippen LogP contribution is -2.32. The molecule has 8 nitrogen and oxygen atoms in total. The lowest BCUT2D eigenvalue weighted by molar-refractivity contribution is -0.385. The lowest BCUT2D eigenvalue weighted by Gasteiger charge is -2.20. The Labute approximate surface area is 123 Å². The second kappa shape index (κ2) is 7.05. The van der Waals surface area contributed by atoms with E-state index in [4.69, 9.17) is 4.74 Å². The largest absolute Gasteiger partial charge is 0.465 e. The molecule has 1 heterocycles. The maximum Gasteiger partial charge on any atom is 0.334 e. The van der Waals surface area contributed by atoms with Crippen LogP contribution in [0.5, 0.6) is 0 Å². The van der Waals surface area contributed by atoms with E-state index >= 15 is 0 Å². The molecule has 1 rings (SSSR count). The minimum atomic E-state index is -0.439. The molecule has 0 aliphatic heterocycles. The Hall–Kier alpha value is -2.12. The topological polar surface area (TPSA) is 90.5 Å². The van der Waals surface area contributed by atoms with Crippen LogP contribution in [0.2, 0.25) is 0 Å². The van der Waals surface area contributed by atoms with Gasteiger partial charge in [-0.05, 0) is 13.8 Å². The van der Waals surface area contributed by atoms with Gasteiger partial charge in [0.05, 0.1) is 11.5 Å². The van der Waals surface area contributed by atoms with Crippen LogP contribution in [0.15, 0.2) is 0 Å². The highest BCUT2D eigenvalue weighted by Gasteiger charge is 2.32. The third-order valence-electron chi connectivity index (χ3n) is 3.05. The van der Waals surface area contributed by atoms with Crippen molar-refractivity contribution in [1.82, 2.24) is 9.78 Å². The fraction of sp³-hybridized carbons (Fsp3) is 0.692. The average molecular weight is 298 g/mol. The molecule has 0 atom stereocenters. The number of likely N-dealkylation sites (N-methyl/N-ethyl adjacent to an activating group) is 1. The van der Waals surface area contributed by atoms with Crippen molar-refractivity contribution in [3.8, 4) is 0 Å². The fourth-order valence-corrected chi connectivity index (χ4v) is 2.14. The van der Waals surface area contributed by atoms with E-state index in [0.29, 0.717) is 18.1 Å². The Kier molecular flexibility index (Phi) is 5.69. The maximum atomic E-state index is 11.7. The van der Waals surface area contributed by atoms with E-state index in [-0.39, 0.29) is 24.8 Å². The third-order valence-corrected chi connectivity index (χ3v) is 3.05. The molecule has 0 aromatic carbocycles. The zero-order chi connectivity index (χ0) is 16.2. The van der Waals surface area contributed by atoms with Gasteiger partial charge in [0.15, 0.2) is 0 Å². The number of hydrogen-bond acceptors (Lipinski definition) is 6. The van der Waals surface area contributed by atoms with Crippen molar-refractivity contribution in [2.75, 3.05) is 24.6 Å². The predicted octanol–water partition coefficient (Wildman–Crippen LogP) is 1.84. The first-order chi connectivity index (χ1) is 9.83. The summed E-state index contributed by atoms with van der Waals surface area (Å²) in [4.78, 5) is 24.2. The molecule has 0 N–H and O–H groups in total. The van der Waals surface area contributed by atoms with Crippen LogP contribution in [-0.4, -0.2) is 40.4 Å². The van der Waals surface area contributed by atoms with Crippen molar-refractivity contribution in [2.45, 2.75) is 33.6 Å². The highest BCUT2D eigenvalue weighted by atomic mass is 16.6. The van der Waals surface area contributed by atoms with Gasteiger partial charge in [-0.3, -0.25) is 14.9 Å². The molecule has 1 aromatic rings. The minimum Gasteiger partial charge on any atom is -0.465 e. The molecule has 118 valence electrons. The second-order valence-corrected chi connectivity index (χ2v) is 4.91. The Morgan fingerprint density at radius 3 is 2.52 bits per heavy atom. The van der Waals surface area contributed by atoms with E-state index in [1.165, 1.54) is 4.68 Å². The van der Waals surface area contributed by atoms with Crippen LogP contribution in [-0.2, 0) is 16.6 Å². The molecule has 0 bridgehead atoms. The number of aromatic nitrogens is 2. The Bertz CT molecular complexity index is 524. The maximum absolute atomic E-state index is 11.7. The Morgan fingerprint density at radius 2 is 2.10 bits per heavy atom. The molecule has 0 radical (unpaired) electrons. The van der Waals surface area contributed by atoms with Crippen LogP contribution in [0.25, 0.3) is 0 Å². The number of nitro groups is 1. The van der Waals surface area contributed by atoms with Gasteiger partial charge < -0.3 is 9.64 Å². The molecule has 0 fully saturated rings. The third kappa shape index (κ3) is 3.71. The number of aryl methyl sites for hydroxylation is 1. The SMILES string of the molecule is CCOC(=O)CN(CC)c1c([N+](=O)[O-])c(C(C)C)nn1C. The first-order valence-corrected chi connectivity index (χ1v) is 6.95. The summed E-state index contributed by atoms with van der Waals surface area (Å²) in [6.07, 6.45) is 0. The van der Waals surface area contributed by atoms with E-state index in [2.05, 4.69) is 5.10 Å². The summed E-state index contributed by atoms with van der Waals surface area (Å²) in [5.41, 5.74) is 0.374. The quantitative estimate of drug-likeness (QED) is 0.433. The number of ether oxygens (including phenoxy) is 1. The second-order valence-electron chi connectivity index (χ2n) is 4.91. The van der Waals surface area contributed by atoms with Gasteiger partial charge >= 0.3 is 11.7 Å². The number of hydrogen-bond donors (Lipinski definition) is 0. The van der Waals surface area contributed by atoms with Crippen molar-refractivity contribution in [3.63, 3.8) is 0 Å². The van der Waals surface area contributed by atoms with Gasteiger partial charge in [0.1, 0.15) is 12.2 Å². The van der Waals surface area contributed by atoms with Crippen molar-refractivity contribution >= 4 is 17.5 Å². The van der Waals surface area contributed by atoms with Gasteiger partial charge in [-0.2, -0.15) is 5.10 Å². The highest BCUT2D eigenvalue weighted by Crippen LogP contribution is 2.35. The molecule has 21 heavy (non-hydrogen) atoms. The minimum absolute atomic E-state index is 0.0394. The number of carbonyl (C=O) groups is 1. The summed E-state index contributed by atoms with van der Waals surface area (Å²) < 4.78 is 6.36.